The van der Waals surface area contributed by atoms with E-state index in [0.717, 1.165) is 26.2 Å². The Hall–Kier alpha value is -3.38. The van der Waals surface area contributed by atoms with Crippen LogP contribution in [0.25, 0.3) is 22.4 Å². The number of pyridine rings is 1. The Morgan fingerprint density at radius 1 is 1.00 bits per heavy atom. The van der Waals surface area contributed by atoms with E-state index in [9.17, 15) is 0 Å². The fraction of sp³-hybridized carbons (Fsp3) is 0.0476. The highest BCUT2D eigenvalue weighted by molar-refractivity contribution is 7.20. The maximum atomic E-state index is 4.45. The summed E-state index contributed by atoms with van der Waals surface area (Å²) in [6, 6.07) is 14.1. The first kappa shape index (κ1) is 17.1. The van der Waals surface area contributed by atoms with E-state index in [-0.39, 0.29) is 0 Å². The zero-order valence-corrected chi connectivity index (χ0v) is 15.5. The molecular weight excluding hydrogens is 354 g/mol. The first-order valence-electron chi connectivity index (χ1n) is 8.47. The molecule has 0 radical (unpaired) electrons. The molecule has 6 heteroatoms. The van der Waals surface area contributed by atoms with Crippen LogP contribution in [0.3, 0.4) is 0 Å². The monoisotopic (exact) mass is 371 g/mol. The van der Waals surface area contributed by atoms with E-state index in [2.05, 4.69) is 56.7 Å². The molecule has 0 saturated carbocycles. The summed E-state index contributed by atoms with van der Waals surface area (Å²) in [6.45, 7) is 2.08. The van der Waals surface area contributed by atoms with Gasteiger partial charge in [0.25, 0.3) is 0 Å². The number of thiophene rings is 1. The fourth-order valence-electron chi connectivity index (χ4n) is 2.64. The maximum absolute atomic E-state index is 4.45. The molecule has 0 saturated heterocycles. The van der Waals surface area contributed by atoms with Gasteiger partial charge in [-0.2, -0.15) is 5.10 Å². The van der Waals surface area contributed by atoms with Crippen molar-refractivity contribution in [3.63, 3.8) is 0 Å². The molecule has 3 aromatic heterocycles. The number of aromatic nitrogens is 3. The van der Waals surface area contributed by atoms with Gasteiger partial charge in [-0.3, -0.25) is 10.4 Å². The SMILES string of the molecule is Cc1c(/C=C/c2ccccc2)sc2c(NN=Cc3cccnc3)ncnc12. The average Bonchev–Trinajstić information content (AvgIpc) is 3.05. The van der Waals surface area contributed by atoms with Crippen LogP contribution in [0.1, 0.15) is 21.6 Å². The fourth-order valence-corrected chi connectivity index (χ4v) is 3.74. The van der Waals surface area contributed by atoms with Gasteiger partial charge in [0.15, 0.2) is 5.82 Å². The molecule has 0 spiro atoms. The summed E-state index contributed by atoms with van der Waals surface area (Å²) in [5.74, 6) is 0.701. The van der Waals surface area contributed by atoms with Gasteiger partial charge in [-0.05, 0) is 30.2 Å². The van der Waals surface area contributed by atoms with Crippen LogP contribution in [0.2, 0.25) is 0 Å². The van der Waals surface area contributed by atoms with E-state index in [1.807, 2.05) is 30.3 Å². The van der Waals surface area contributed by atoms with Crippen molar-refractivity contribution in [1.82, 2.24) is 15.0 Å². The number of nitrogens with one attached hydrogen (secondary N) is 1. The number of rotatable bonds is 5. The van der Waals surface area contributed by atoms with Crippen molar-refractivity contribution < 1.29 is 0 Å². The second-order valence-electron chi connectivity index (χ2n) is 5.89. The van der Waals surface area contributed by atoms with Crippen molar-refractivity contribution in [3.05, 3.63) is 82.8 Å². The Balaban J connectivity index is 1.61. The van der Waals surface area contributed by atoms with E-state index in [1.165, 1.54) is 5.56 Å². The molecule has 1 N–H and O–H groups in total. The van der Waals surface area contributed by atoms with E-state index >= 15 is 0 Å². The van der Waals surface area contributed by atoms with Crippen molar-refractivity contribution in [2.24, 2.45) is 5.10 Å². The standard InChI is InChI=1S/C21H17N5S/c1-15-18(10-9-16-6-3-2-4-7-16)27-20-19(15)23-14-24-21(20)26-25-13-17-8-5-11-22-12-17/h2-14H,1H3,(H,23,24,26)/b10-9+,25-13?. The summed E-state index contributed by atoms with van der Waals surface area (Å²) in [5.41, 5.74) is 7.20. The average molecular weight is 371 g/mol. The lowest BCUT2D eigenvalue weighted by Gasteiger charge is -2.00. The van der Waals surface area contributed by atoms with Crippen LogP contribution in [0.15, 0.2) is 66.3 Å². The van der Waals surface area contributed by atoms with Crippen LogP contribution in [0.4, 0.5) is 5.82 Å². The van der Waals surface area contributed by atoms with Crippen molar-refractivity contribution in [2.75, 3.05) is 5.43 Å². The predicted molar refractivity (Wildman–Crippen MR) is 113 cm³/mol. The second kappa shape index (κ2) is 7.88. The van der Waals surface area contributed by atoms with Gasteiger partial charge in [-0.25, -0.2) is 9.97 Å². The lowest BCUT2D eigenvalue weighted by Crippen LogP contribution is -1.94. The van der Waals surface area contributed by atoms with Gasteiger partial charge in [0.1, 0.15) is 6.33 Å². The minimum absolute atomic E-state index is 0.701. The summed E-state index contributed by atoms with van der Waals surface area (Å²) >= 11 is 1.66. The van der Waals surface area contributed by atoms with Gasteiger partial charge in [-0.15, -0.1) is 11.3 Å². The Bertz CT molecular complexity index is 1100. The molecule has 27 heavy (non-hydrogen) atoms. The van der Waals surface area contributed by atoms with E-state index < -0.39 is 0 Å². The molecule has 0 aliphatic carbocycles. The molecule has 0 aliphatic rings. The highest BCUT2D eigenvalue weighted by atomic mass is 32.1. The third kappa shape index (κ3) is 3.91. The third-order valence-electron chi connectivity index (χ3n) is 4.04. The third-order valence-corrected chi connectivity index (χ3v) is 5.29. The summed E-state index contributed by atoms with van der Waals surface area (Å²) in [4.78, 5) is 14.0. The zero-order valence-electron chi connectivity index (χ0n) is 14.7. The highest BCUT2D eigenvalue weighted by Gasteiger charge is 2.12. The molecule has 0 aliphatic heterocycles. The lowest BCUT2D eigenvalue weighted by atomic mass is 10.2. The highest BCUT2D eigenvalue weighted by Crippen LogP contribution is 2.34. The summed E-state index contributed by atoms with van der Waals surface area (Å²) in [5, 5.41) is 4.28. The number of benzene rings is 1. The van der Waals surface area contributed by atoms with Gasteiger partial charge in [-0.1, -0.05) is 42.5 Å². The summed E-state index contributed by atoms with van der Waals surface area (Å²) in [7, 11) is 0. The molecule has 0 atom stereocenters. The molecule has 132 valence electrons. The summed E-state index contributed by atoms with van der Waals surface area (Å²) < 4.78 is 0.992. The molecule has 1 aromatic carbocycles. The molecule has 4 aromatic rings. The van der Waals surface area contributed by atoms with Crippen LogP contribution in [-0.2, 0) is 0 Å². The van der Waals surface area contributed by atoms with Crippen LogP contribution in [-0.4, -0.2) is 21.2 Å². The topological polar surface area (TPSA) is 63.1 Å². The van der Waals surface area contributed by atoms with Crippen molar-refractivity contribution in [2.45, 2.75) is 6.92 Å². The number of hydrazone groups is 1. The van der Waals surface area contributed by atoms with E-state index in [0.29, 0.717) is 5.82 Å². The Morgan fingerprint density at radius 2 is 1.85 bits per heavy atom. The molecule has 4 rings (SSSR count). The number of anilines is 1. The molecular formula is C21H17N5S. The molecule has 3 heterocycles. The first-order valence-corrected chi connectivity index (χ1v) is 9.29. The van der Waals surface area contributed by atoms with Crippen molar-refractivity contribution >= 4 is 45.7 Å². The van der Waals surface area contributed by atoms with Gasteiger partial charge in [0, 0.05) is 22.8 Å². The normalized spacial score (nSPS) is 11.6. The largest absolute Gasteiger partial charge is 0.264 e. The van der Waals surface area contributed by atoms with Crippen molar-refractivity contribution in [3.8, 4) is 0 Å². The van der Waals surface area contributed by atoms with Gasteiger partial charge < -0.3 is 0 Å². The Kier molecular flexibility index (Phi) is 4.98. The van der Waals surface area contributed by atoms with Gasteiger partial charge in [0.2, 0.25) is 0 Å². The smallest absolute Gasteiger partial charge is 0.167 e. The second-order valence-corrected chi connectivity index (χ2v) is 6.94. The molecule has 0 unspecified atom stereocenters. The van der Waals surface area contributed by atoms with Crippen LogP contribution in [0, 0.1) is 6.92 Å². The summed E-state index contributed by atoms with van der Waals surface area (Å²) in [6.07, 6.45) is 11.0. The van der Waals surface area contributed by atoms with Crippen molar-refractivity contribution in [1.29, 1.82) is 0 Å². The van der Waals surface area contributed by atoms with E-state index in [4.69, 9.17) is 0 Å². The number of nitrogens with zero attached hydrogens (tertiary/aromatic N) is 4. The zero-order chi connectivity index (χ0) is 18.5. The van der Waals surface area contributed by atoms with Crippen LogP contribution in [0.5, 0.6) is 0 Å². The quantitative estimate of drug-likeness (QED) is 0.396. The minimum atomic E-state index is 0.701. The number of aryl methyl sites for hydroxylation is 1. The molecule has 5 nitrogen and oxygen atoms in total. The van der Waals surface area contributed by atoms with E-state index in [1.54, 1.807) is 36.3 Å². The Morgan fingerprint density at radius 3 is 2.67 bits per heavy atom. The maximum Gasteiger partial charge on any atom is 0.167 e. The Labute approximate surface area is 161 Å². The molecule has 0 fully saturated rings. The van der Waals surface area contributed by atoms with Crippen LogP contribution < -0.4 is 5.43 Å². The van der Waals surface area contributed by atoms with Crippen LogP contribution >= 0.6 is 11.3 Å². The van der Waals surface area contributed by atoms with Gasteiger partial charge in [0.05, 0.1) is 16.4 Å². The number of hydrogen-bond donors (Lipinski definition) is 1. The molecule has 0 bridgehead atoms. The molecule has 0 amide bonds. The minimum Gasteiger partial charge on any atom is -0.264 e. The first-order chi connectivity index (χ1) is 13.3. The number of hydrogen-bond acceptors (Lipinski definition) is 6. The lowest BCUT2D eigenvalue weighted by molar-refractivity contribution is 1.18. The van der Waals surface area contributed by atoms with Gasteiger partial charge >= 0.3 is 0 Å². The number of fused-ring (bicyclic) bond motifs is 1. The predicted octanol–water partition coefficient (Wildman–Crippen LogP) is 5.01.